The number of rotatable bonds is 4. The second-order valence-electron chi connectivity index (χ2n) is 5.14. The lowest BCUT2D eigenvalue weighted by atomic mass is 10.2. The Hall–Kier alpha value is -1.80. The van der Waals surface area contributed by atoms with Crippen molar-refractivity contribution < 1.29 is 18.3 Å². The second kappa shape index (κ2) is 5.44. The molecule has 9 heteroatoms. The molecule has 22 heavy (non-hydrogen) atoms. The number of aliphatic hydroxyl groups is 1. The topological polar surface area (TPSA) is 73.8 Å². The number of aromatic amines is 1. The van der Waals surface area contributed by atoms with Crippen LogP contribution in [0.5, 0.6) is 0 Å². The molecule has 1 aromatic carbocycles. The highest BCUT2D eigenvalue weighted by atomic mass is 35.5. The van der Waals surface area contributed by atoms with Crippen LogP contribution >= 0.6 is 11.6 Å². The third-order valence-corrected chi connectivity index (χ3v) is 3.71. The summed E-state index contributed by atoms with van der Waals surface area (Å²) in [4.78, 5) is 4.04. The quantitative estimate of drug-likeness (QED) is 0.798. The van der Waals surface area contributed by atoms with Crippen LogP contribution in [0.4, 0.5) is 24.8 Å². The van der Waals surface area contributed by atoms with Gasteiger partial charge in [-0.15, -0.1) is 5.10 Å². The first-order valence-electron chi connectivity index (χ1n) is 6.59. The van der Waals surface area contributed by atoms with Gasteiger partial charge in [0.2, 0.25) is 5.95 Å². The van der Waals surface area contributed by atoms with Crippen LogP contribution in [-0.2, 0) is 6.18 Å². The number of aromatic nitrogens is 3. The van der Waals surface area contributed by atoms with Gasteiger partial charge in [-0.3, -0.25) is 5.10 Å². The molecule has 1 aliphatic rings. The predicted octanol–water partition coefficient (Wildman–Crippen LogP) is 3.66. The molecule has 0 aliphatic heterocycles. The highest BCUT2D eigenvalue weighted by Crippen LogP contribution is 2.40. The van der Waals surface area contributed by atoms with Crippen LogP contribution in [0.1, 0.15) is 30.3 Å². The number of benzene rings is 1. The van der Waals surface area contributed by atoms with E-state index in [0.717, 1.165) is 25.0 Å². The molecule has 1 aromatic heterocycles. The van der Waals surface area contributed by atoms with Gasteiger partial charge in [0, 0.05) is 5.69 Å². The summed E-state index contributed by atoms with van der Waals surface area (Å²) < 4.78 is 38.4. The molecule has 1 atom stereocenters. The number of H-pyrrole nitrogens is 1. The average Bonchev–Trinajstić information content (AvgIpc) is 3.19. The zero-order chi connectivity index (χ0) is 15.9. The van der Waals surface area contributed by atoms with Crippen molar-refractivity contribution in [3.8, 4) is 0 Å². The number of halogens is 4. The van der Waals surface area contributed by atoms with E-state index < -0.39 is 17.8 Å². The first kappa shape index (κ1) is 15.1. The van der Waals surface area contributed by atoms with E-state index in [1.807, 2.05) is 0 Å². The summed E-state index contributed by atoms with van der Waals surface area (Å²) in [6.45, 7) is 0. The van der Waals surface area contributed by atoms with Gasteiger partial charge in [0.25, 0.3) is 0 Å². The molecule has 5 nitrogen and oxygen atoms in total. The summed E-state index contributed by atoms with van der Waals surface area (Å²) >= 11 is 5.55. The van der Waals surface area contributed by atoms with Crippen molar-refractivity contribution >= 4 is 23.2 Å². The Morgan fingerprint density at radius 1 is 1.36 bits per heavy atom. The summed E-state index contributed by atoms with van der Waals surface area (Å²) in [5, 5.41) is 18.6. The van der Waals surface area contributed by atoms with E-state index in [4.69, 9.17) is 11.6 Å². The maximum atomic E-state index is 12.8. The minimum atomic E-state index is -4.54. The zero-order valence-electron chi connectivity index (χ0n) is 11.2. The number of nitrogens with one attached hydrogen (secondary N) is 2. The van der Waals surface area contributed by atoms with Gasteiger partial charge in [-0.2, -0.15) is 18.2 Å². The third-order valence-electron chi connectivity index (χ3n) is 3.38. The van der Waals surface area contributed by atoms with Crippen molar-refractivity contribution in [1.29, 1.82) is 0 Å². The molecule has 1 unspecified atom stereocenters. The molecule has 3 N–H and O–H groups in total. The van der Waals surface area contributed by atoms with Crippen LogP contribution in [0, 0.1) is 5.92 Å². The van der Waals surface area contributed by atoms with Gasteiger partial charge >= 0.3 is 6.18 Å². The lowest BCUT2D eigenvalue weighted by molar-refractivity contribution is -0.137. The minimum absolute atomic E-state index is 0.0881. The Kier molecular flexibility index (Phi) is 3.73. The number of hydrogen-bond donors (Lipinski definition) is 3. The molecule has 0 radical (unpaired) electrons. The Bertz CT molecular complexity index is 684. The van der Waals surface area contributed by atoms with Crippen LogP contribution < -0.4 is 5.32 Å². The highest BCUT2D eigenvalue weighted by molar-refractivity contribution is 6.31. The lowest BCUT2D eigenvalue weighted by Gasteiger charge is -2.11. The van der Waals surface area contributed by atoms with Crippen molar-refractivity contribution in [3.05, 3.63) is 34.6 Å². The van der Waals surface area contributed by atoms with Gasteiger partial charge in [0.1, 0.15) is 6.10 Å². The molecule has 1 fully saturated rings. The molecule has 1 saturated carbocycles. The van der Waals surface area contributed by atoms with E-state index >= 15 is 0 Å². The van der Waals surface area contributed by atoms with Crippen molar-refractivity contribution in [3.63, 3.8) is 0 Å². The summed E-state index contributed by atoms with van der Waals surface area (Å²) in [6.07, 6.45) is -3.41. The molecular formula is C13H12ClF3N4O. The Balaban J connectivity index is 1.78. The van der Waals surface area contributed by atoms with Gasteiger partial charge in [-0.25, -0.2) is 0 Å². The fourth-order valence-corrected chi connectivity index (χ4v) is 2.27. The summed E-state index contributed by atoms with van der Waals surface area (Å²) in [5.41, 5.74) is -0.781. The van der Waals surface area contributed by atoms with E-state index in [1.165, 1.54) is 6.07 Å². The monoisotopic (exact) mass is 332 g/mol. The standard InChI is InChI=1S/C13H12ClF3N4O/c14-9-4-3-7(5-8(9)13(15,16)17)18-12-19-11(20-21-12)10(22)6-1-2-6/h3-6,10,22H,1-2H2,(H2,18,19,20,21). The number of aliphatic hydroxyl groups excluding tert-OH is 1. The summed E-state index contributed by atoms with van der Waals surface area (Å²) in [6, 6.07) is 3.43. The van der Waals surface area contributed by atoms with Gasteiger partial charge in [0.15, 0.2) is 5.82 Å². The second-order valence-corrected chi connectivity index (χ2v) is 5.55. The number of anilines is 2. The molecule has 118 valence electrons. The van der Waals surface area contributed by atoms with Crippen molar-refractivity contribution in [2.75, 3.05) is 5.32 Å². The first-order valence-corrected chi connectivity index (χ1v) is 6.96. The number of hydrogen-bond acceptors (Lipinski definition) is 4. The van der Waals surface area contributed by atoms with Gasteiger partial charge in [0.05, 0.1) is 10.6 Å². The molecule has 1 heterocycles. The van der Waals surface area contributed by atoms with E-state index in [-0.39, 0.29) is 22.6 Å². The number of nitrogens with zero attached hydrogens (tertiary/aromatic N) is 2. The summed E-state index contributed by atoms with van der Waals surface area (Å²) in [5.74, 6) is 0.563. The Labute approximate surface area is 128 Å². The van der Waals surface area contributed by atoms with Crippen LogP contribution in [0.25, 0.3) is 0 Å². The fourth-order valence-electron chi connectivity index (χ4n) is 2.05. The smallest absolute Gasteiger partial charge is 0.385 e. The molecule has 2 aromatic rings. The molecule has 1 aliphatic carbocycles. The van der Waals surface area contributed by atoms with Crippen LogP contribution in [0.15, 0.2) is 18.2 Å². The maximum absolute atomic E-state index is 12.8. The van der Waals surface area contributed by atoms with Gasteiger partial charge in [-0.1, -0.05) is 11.6 Å². The SMILES string of the molecule is OC(c1nc(Nc2ccc(Cl)c(C(F)(F)F)c2)n[nH]1)C1CC1. The molecule has 0 bridgehead atoms. The van der Waals surface area contributed by atoms with E-state index in [0.29, 0.717) is 5.82 Å². The largest absolute Gasteiger partial charge is 0.417 e. The van der Waals surface area contributed by atoms with Crippen LogP contribution in [0.3, 0.4) is 0 Å². The lowest BCUT2D eigenvalue weighted by Crippen LogP contribution is -2.06. The molecule has 0 amide bonds. The van der Waals surface area contributed by atoms with E-state index in [9.17, 15) is 18.3 Å². The Morgan fingerprint density at radius 2 is 2.09 bits per heavy atom. The molecule has 0 spiro atoms. The normalized spacial score (nSPS) is 16.6. The van der Waals surface area contributed by atoms with Crippen molar-refractivity contribution in [2.24, 2.45) is 5.92 Å². The maximum Gasteiger partial charge on any atom is 0.417 e. The summed E-state index contributed by atoms with van der Waals surface area (Å²) in [7, 11) is 0. The molecular weight excluding hydrogens is 321 g/mol. The number of alkyl halides is 3. The first-order chi connectivity index (χ1) is 10.3. The van der Waals surface area contributed by atoms with Crippen molar-refractivity contribution in [1.82, 2.24) is 15.2 Å². The Morgan fingerprint density at radius 3 is 2.73 bits per heavy atom. The van der Waals surface area contributed by atoms with Gasteiger partial charge in [-0.05, 0) is 37.0 Å². The predicted molar refractivity (Wildman–Crippen MR) is 73.8 cm³/mol. The molecule has 3 rings (SSSR count). The van der Waals surface area contributed by atoms with E-state index in [1.54, 1.807) is 0 Å². The van der Waals surface area contributed by atoms with Gasteiger partial charge < -0.3 is 10.4 Å². The zero-order valence-corrected chi connectivity index (χ0v) is 11.9. The van der Waals surface area contributed by atoms with Crippen LogP contribution in [-0.4, -0.2) is 20.3 Å². The highest BCUT2D eigenvalue weighted by Gasteiger charge is 2.34. The third kappa shape index (κ3) is 3.17. The van der Waals surface area contributed by atoms with Crippen LogP contribution in [0.2, 0.25) is 5.02 Å². The van der Waals surface area contributed by atoms with E-state index in [2.05, 4.69) is 20.5 Å². The average molecular weight is 333 g/mol. The van der Waals surface area contributed by atoms with Crippen molar-refractivity contribution in [2.45, 2.75) is 25.1 Å². The minimum Gasteiger partial charge on any atom is -0.385 e. The fraction of sp³-hybridized carbons (Fsp3) is 0.385. The molecule has 0 saturated heterocycles.